The van der Waals surface area contributed by atoms with Gasteiger partial charge in [-0.3, -0.25) is 9.69 Å². The number of nitrogens with one attached hydrogen (secondary N) is 1. The zero-order valence-corrected chi connectivity index (χ0v) is 17.4. The molecule has 1 aromatic rings. The molecule has 1 aliphatic carbocycles. The molecule has 29 heavy (non-hydrogen) atoms. The van der Waals surface area contributed by atoms with Crippen LogP contribution in [-0.2, 0) is 11.3 Å². The summed E-state index contributed by atoms with van der Waals surface area (Å²) in [6.07, 6.45) is 3.57. The van der Waals surface area contributed by atoms with Crippen molar-refractivity contribution in [3.63, 3.8) is 0 Å². The summed E-state index contributed by atoms with van der Waals surface area (Å²) in [5.74, 6) is -3.26. The van der Waals surface area contributed by atoms with Gasteiger partial charge in [0.15, 0.2) is 0 Å². The van der Waals surface area contributed by atoms with Crippen LogP contribution in [0.15, 0.2) is 30.3 Å². The van der Waals surface area contributed by atoms with Gasteiger partial charge in [-0.05, 0) is 51.3 Å². The van der Waals surface area contributed by atoms with Crippen LogP contribution in [-0.4, -0.2) is 59.4 Å². The zero-order chi connectivity index (χ0) is 20.5. The van der Waals surface area contributed by atoms with E-state index in [9.17, 15) is 13.6 Å². The van der Waals surface area contributed by atoms with Crippen molar-refractivity contribution in [3.05, 3.63) is 35.9 Å². The molecule has 4 rings (SSSR count). The first-order valence-electron chi connectivity index (χ1n) is 11.0. The van der Waals surface area contributed by atoms with Gasteiger partial charge in [0.25, 0.3) is 0 Å². The Balaban J connectivity index is 1.43. The number of halogens is 2. The van der Waals surface area contributed by atoms with Crippen LogP contribution >= 0.6 is 0 Å². The fourth-order valence-electron chi connectivity index (χ4n) is 5.24. The van der Waals surface area contributed by atoms with Crippen LogP contribution in [0.25, 0.3) is 0 Å². The number of amides is 1. The minimum absolute atomic E-state index is 0.0775. The fourth-order valence-corrected chi connectivity index (χ4v) is 5.24. The first-order valence-corrected chi connectivity index (χ1v) is 11.0. The average molecular weight is 406 g/mol. The SMILES string of the molecule is CC1(N2CCC(N(Cc3ccccc3)C(=O)C3CC(F)(F)C3)CC2)CCNCC1. The highest BCUT2D eigenvalue weighted by molar-refractivity contribution is 5.80. The van der Waals surface area contributed by atoms with Crippen molar-refractivity contribution in [2.75, 3.05) is 26.2 Å². The number of likely N-dealkylation sites (tertiary alicyclic amines) is 1. The quantitative estimate of drug-likeness (QED) is 0.812. The zero-order valence-electron chi connectivity index (χ0n) is 17.4. The van der Waals surface area contributed by atoms with Crippen LogP contribution in [0.5, 0.6) is 0 Å². The third-order valence-electron chi connectivity index (χ3n) is 7.27. The van der Waals surface area contributed by atoms with Crippen molar-refractivity contribution in [3.8, 4) is 0 Å². The molecule has 3 fully saturated rings. The minimum Gasteiger partial charge on any atom is -0.335 e. The predicted molar refractivity (Wildman–Crippen MR) is 110 cm³/mol. The van der Waals surface area contributed by atoms with E-state index in [4.69, 9.17) is 0 Å². The van der Waals surface area contributed by atoms with Gasteiger partial charge in [0.05, 0.1) is 0 Å². The highest BCUT2D eigenvalue weighted by atomic mass is 19.3. The lowest BCUT2D eigenvalue weighted by atomic mass is 9.79. The standard InChI is InChI=1S/C23H33F2N3O/c1-22(9-11-26-12-10-22)27-13-7-20(8-14-27)28(17-18-5-3-2-4-6-18)21(29)19-15-23(24,25)16-19/h2-6,19-20,26H,7-17H2,1H3. The van der Waals surface area contributed by atoms with Crippen LogP contribution in [0, 0.1) is 5.92 Å². The van der Waals surface area contributed by atoms with Crippen LogP contribution in [0.4, 0.5) is 8.78 Å². The second-order valence-electron chi connectivity index (χ2n) is 9.38. The molecule has 1 N–H and O–H groups in total. The summed E-state index contributed by atoms with van der Waals surface area (Å²) in [4.78, 5) is 17.6. The van der Waals surface area contributed by atoms with Crippen LogP contribution in [0.2, 0.25) is 0 Å². The van der Waals surface area contributed by atoms with E-state index < -0.39 is 11.8 Å². The van der Waals surface area contributed by atoms with E-state index in [1.165, 1.54) is 0 Å². The number of hydrogen-bond acceptors (Lipinski definition) is 3. The van der Waals surface area contributed by atoms with Gasteiger partial charge in [-0.1, -0.05) is 30.3 Å². The maximum atomic E-state index is 13.4. The average Bonchev–Trinajstić information content (AvgIpc) is 2.71. The number of benzene rings is 1. The first kappa shape index (κ1) is 20.7. The molecule has 0 aromatic heterocycles. The van der Waals surface area contributed by atoms with E-state index >= 15 is 0 Å². The molecule has 160 valence electrons. The van der Waals surface area contributed by atoms with E-state index in [0.29, 0.717) is 6.54 Å². The van der Waals surface area contributed by atoms with E-state index in [0.717, 1.165) is 57.4 Å². The van der Waals surface area contributed by atoms with Gasteiger partial charge in [-0.25, -0.2) is 8.78 Å². The van der Waals surface area contributed by atoms with Gasteiger partial charge in [-0.2, -0.15) is 0 Å². The number of carbonyl (C=O) groups excluding carboxylic acids is 1. The van der Waals surface area contributed by atoms with Gasteiger partial charge in [-0.15, -0.1) is 0 Å². The number of piperidine rings is 2. The lowest BCUT2D eigenvalue weighted by Crippen LogP contribution is -2.58. The highest BCUT2D eigenvalue weighted by Gasteiger charge is 2.50. The molecule has 2 aliphatic heterocycles. The van der Waals surface area contributed by atoms with E-state index in [1.54, 1.807) is 0 Å². The molecule has 1 amide bonds. The summed E-state index contributed by atoms with van der Waals surface area (Å²) >= 11 is 0. The molecule has 2 saturated heterocycles. The fraction of sp³-hybridized carbons (Fsp3) is 0.696. The van der Waals surface area contributed by atoms with E-state index in [1.807, 2.05) is 35.2 Å². The summed E-state index contributed by atoms with van der Waals surface area (Å²) in [5, 5.41) is 3.44. The largest absolute Gasteiger partial charge is 0.335 e. The second kappa shape index (κ2) is 8.31. The van der Waals surface area contributed by atoms with Crippen molar-refractivity contribution in [1.29, 1.82) is 0 Å². The molecule has 3 aliphatic rings. The third-order valence-corrected chi connectivity index (χ3v) is 7.27. The monoisotopic (exact) mass is 405 g/mol. The maximum absolute atomic E-state index is 13.4. The highest BCUT2D eigenvalue weighted by Crippen LogP contribution is 2.44. The summed E-state index contributed by atoms with van der Waals surface area (Å²) in [5.41, 5.74) is 1.31. The minimum atomic E-state index is -2.66. The summed E-state index contributed by atoms with van der Waals surface area (Å²) in [6.45, 7) is 6.95. The van der Waals surface area contributed by atoms with Gasteiger partial charge in [0.1, 0.15) is 0 Å². The molecule has 4 nitrogen and oxygen atoms in total. The molecule has 1 saturated carbocycles. The molecular formula is C23H33F2N3O. The lowest BCUT2D eigenvalue weighted by molar-refractivity contribution is -0.163. The Morgan fingerprint density at radius 1 is 1.14 bits per heavy atom. The van der Waals surface area contributed by atoms with Crippen molar-refractivity contribution >= 4 is 5.91 Å². The smallest absolute Gasteiger partial charge is 0.249 e. The first-order chi connectivity index (χ1) is 13.9. The molecule has 0 unspecified atom stereocenters. The molecule has 0 atom stereocenters. The van der Waals surface area contributed by atoms with Crippen molar-refractivity contribution in [1.82, 2.24) is 15.1 Å². The maximum Gasteiger partial charge on any atom is 0.249 e. The Bertz CT molecular complexity index is 689. The normalized spacial score (nSPS) is 25.3. The Morgan fingerprint density at radius 2 is 1.76 bits per heavy atom. The van der Waals surface area contributed by atoms with Crippen LogP contribution < -0.4 is 5.32 Å². The van der Waals surface area contributed by atoms with Gasteiger partial charge in [0.2, 0.25) is 11.8 Å². The third kappa shape index (κ3) is 4.64. The molecule has 2 heterocycles. The lowest BCUT2D eigenvalue weighted by Gasteiger charge is -2.49. The Morgan fingerprint density at radius 3 is 2.34 bits per heavy atom. The van der Waals surface area contributed by atoms with E-state index in [-0.39, 0.29) is 30.3 Å². The predicted octanol–water partition coefficient (Wildman–Crippen LogP) is 3.67. The van der Waals surface area contributed by atoms with Gasteiger partial charge in [0, 0.05) is 50.0 Å². The molecule has 0 spiro atoms. The number of rotatable bonds is 5. The Hall–Kier alpha value is -1.53. The number of nitrogens with zero attached hydrogens (tertiary/aromatic N) is 2. The Kier molecular flexibility index (Phi) is 5.94. The number of carbonyl (C=O) groups is 1. The molecule has 0 bridgehead atoms. The van der Waals surface area contributed by atoms with Crippen molar-refractivity contribution < 1.29 is 13.6 Å². The van der Waals surface area contributed by atoms with Crippen molar-refractivity contribution in [2.45, 2.75) is 69.5 Å². The summed E-state index contributed by atoms with van der Waals surface area (Å²) in [7, 11) is 0. The molecule has 1 aromatic carbocycles. The van der Waals surface area contributed by atoms with Gasteiger partial charge < -0.3 is 10.2 Å². The van der Waals surface area contributed by atoms with E-state index in [2.05, 4.69) is 17.1 Å². The number of hydrogen-bond donors (Lipinski definition) is 1. The molecule has 6 heteroatoms. The summed E-state index contributed by atoms with van der Waals surface area (Å²) in [6, 6.07) is 10.1. The second-order valence-corrected chi connectivity index (χ2v) is 9.38. The van der Waals surface area contributed by atoms with Crippen LogP contribution in [0.1, 0.15) is 51.0 Å². The Labute approximate surface area is 172 Å². The molecular weight excluding hydrogens is 372 g/mol. The number of alkyl halides is 2. The molecule has 0 radical (unpaired) electrons. The van der Waals surface area contributed by atoms with Crippen molar-refractivity contribution in [2.24, 2.45) is 5.92 Å². The van der Waals surface area contributed by atoms with Crippen LogP contribution in [0.3, 0.4) is 0 Å². The van der Waals surface area contributed by atoms with Gasteiger partial charge >= 0.3 is 0 Å². The summed E-state index contributed by atoms with van der Waals surface area (Å²) < 4.78 is 26.8. The topological polar surface area (TPSA) is 35.6 Å².